The molecule has 2 amide bonds. The Hall–Kier alpha value is -4.80. The van der Waals surface area contributed by atoms with Gasteiger partial charge in [0.2, 0.25) is 0 Å². The van der Waals surface area contributed by atoms with Crippen LogP contribution in [0.5, 0.6) is 0 Å². The minimum absolute atomic E-state index is 0.0737. The highest BCUT2D eigenvalue weighted by Gasteiger charge is 2.66. The average molecular weight is 715 g/mol. The van der Waals surface area contributed by atoms with Crippen LogP contribution >= 0.6 is 0 Å². The summed E-state index contributed by atoms with van der Waals surface area (Å²) in [5.41, 5.74) is 1.23. The summed E-state index contributed by atoms with van der Waals surface area (Å²) < 4.78 is 8.51. The molecule has 0 bridgehead atoms. The molecule has 6 atom stereocenters. The zero-order valence-corrected chi connectivity index (χ0v) is 29.8. The molecule has 51 heavy (non-hydrogen) atoms. The second-order valence-electron chi connectivity index (χ2n) is 13.9. The van der Waals surface area contributed by atoms with Gasteiger partial charge in [0.15, 0.2) is 13.9 Å². The van der Waals surface area contributed by atoms with Crippen LogP contribution in [0.3, 0.4) is 0 Å². The van der Waals surface area contributed by atoms with Gasteiger partial charge in [0.1, 0.15) is 6.10 Å². The number of rotatable bonds is 12. The van der Waals surface area contributed by atoms with Crippen LogP contribution in [0.1, 0.15) is 48.6 Å². The minimum Gasteiger partial charge on any atom is -0.432 e. The van der Waals surface area contributed by atoms with Crippen LogP contribution in [0.2, 0.25) is 18.6 Å². The van der Waals surface area contributed by atoms with Crippen molar-refractivity contribution in [2.24, 2.45) is 5.92 Å². The third kappa shape index (κ3) is 6.82. The zero-order valence-electron chi connectivity index (χ0n) is 28.8. The van der Waals surface area contributed by atoms with Crippen molar-refractivity contribution in [3.63, 3.8) is 0 Å². The van der Waals surface area contributed by atoms with Gasteiger partial charge in [0, 0.05) is 47.6 Å². The van der Waals surface area contributed by atoms with Gasteiger partial charge in [-0.15, -0.1) is 5.10 Å². The number of fused-ring (bicyclic) bond motifs is 2. The fraction of sp³-hybridized carbons (Fsp3) is 0.389. The van der Waals surface area contributed by atoms with Crippen LogP contribution in [0.15, 0.2) is 79.0 Å². The van der Waals surface area contributed by atoms with Crippen molar-refractivity contribution in [3.05, 3.63) is 111 Å². The maximum atomic E-state index is 14.8. The molecule has 1 aromatic heterocycles. The Balaban J connectivity index is 1.32. The molecule has 2 aliphatic rings. The molecule has 268 valence electrons. The largest absolute Gasteiger partial charge is 0.432 e. The summed E-state index contributed by atoms with van der Waals surface area (Å²) in [7, 11) is -3.03. The minimum atomic E-state index is -3.03. The van der Waals surface area contributed by atoms with Gasteiger partial charge < -0.3 is 30.0 Å². The van der Waals surface area contributed by atoms with Crippen LogP contribution in [-0.2, 0) is 33.0 Å². The number of amides is 2. The number of anilines is 2. The number of carbonyl (C=O) groups excluding carboxylic acids is 2. The van der Waals surface area contributed by atoms with Gasteiger partial charge in [-0.1, -0.05) is 54.6 Å². The van der Waals surface area contributed by atoms with Crippen molar-refractivity contribution in [2.75, 3.05) is 16.8 Å². The number of hydrogen-bond acceptors (Lipinski definition) is 10. The van der Waals surface area contributed by atoms with Crippen molar-refractivity contribution >= 4 is 37.2 Å². The fourth-order valence-corrected chi connectivity index (χ4v) is 10.3. The number of aromatic nitrogens is 3. The summed E-state index contributed by atoms with van der Waals surface area (Å²) in [6, 6.07) is 20.7. The number of ether oxygens (including phenoxy) is 1. The Morgan fingerprint density at radius 2 is 1.88 bits per heavy atom. The molecule has 4 N–H and O–H groups in total. The van der Waals surface area contributed by atoms with Crippen molar-refractivity contribution < 1.29 is 34.3 Å². The number of nitrogens with one attached hydrogen (secondary N) is 1. The molecule has 0 aliphatic carbocycles. The quantitative estimate of drug-likeness (QED) is 0.0945. The molecule has 0 radical (unpaired) electrons. The van der Waals surface area contributed by atoms with Gasteiger partial charge in [-0.2, -0.15) is 0 Å². The summed E-state index contributed by atoms with van der Waals surface area (Å²) in [6.07, 6.45) is 0.332. The standard InChI is InChI=1S/C36H42N6O8Si/c1-22-33(51(3,4)49)32(15-16-40-20-30(38-39-40)28(21-43)25-10-6-5-7-11-25)50-36(22)29-18-27(42(47)48)13-14-31(29)41(35(36)46)19-24-9-8-12-26(17-24)37-34(45)23(2)44/h5-14,17-18,20,22-23,28,32-33,43-44,49H,15-16,19,21H2,1-4H3,(H,37,45)/t22-,23-,28?,32+,33-,36+/m0/s1. The third-order valence-corrected chi connectivity index (χ3v) is 12.5. The lowest BCUT2D eigenvalue weighted by molar-refractivity contribution is -0.385. The Morgan fingerprint density at radius 3 is 2.55 bits per heavy atom. The van der Waals surface area contributed by atoms with E-state index >= 15 is 0 Å². The summed E-state index contributed by atoms with van der Waals surface area (Å²) in [4.78, 5) is 51.6. The van der Waals surface area contributed by atoms with E-state index < -0.39 is 54.3 Å². The number of benzene rings is 3. The number of non-ortho nitro benzene ring substituents is 1. The van der Waals surface area contributed by atoms with Crippen LogP contribution in [-0.4, -0.2) is 73.9 Å². The normalized spacial score (nSPS) is 22.6. The highest BCUT2D eigenvalue weighted by Crippen LogP contribution is 2.60. The maximum absolute atomic E-state index is 14.8. The van der Waals surface area contributed by atoms with E-state index in [1.165, 1.54) is 19.1 Å². The number of nitro groups is 1. The summed E-state index contributed by atoms with van der Waals surface area (Å²) >= 11 is 0. The molecule has 3 heterocycles. The molecule has 4 aromatic rings. The first-order valence-corrected chi connectivity index (χ1v) is 19.9. The Kier molecular flexibility index (Phi) is 9.94. The molecule has 0 saturated carbocycles. The predicted octanol–water partition coefficient (Wildman–Crippen LogP) is 4.06. The van der Waals surface area contributed by atoms with E-state index in [1.54, 1.807) is 59.2 Å². The summed E-state index contributed by atoms with van der Waals surface area (Å²) in [5.74, 6) is -1.88. The number of hydrogen-bond donors (Lipinski definition) is 4. The lowest BCUT2D eigenvalue weighted by Gasteiger charge is -2.32. The van der Waals surface area contributed by atoms with Gasteiger partial charge in [-0.3, -0.25) is 24.4 Å². The molecule has 2 aliphatic heterocycles. The Morgan fingerprint density at radius 1 is 1.14 bits per heavy atom. The molecule has 15 heteroatoms. The second-order valence-corrected chi connectivity index (χ2v) is 17.9. The lowest BCUT2D eigenvalue weighted by atomic mass is 9.82. The van der Waals surface area contributed by atoms with Crippen molar-refractivity contribution in [2.45, 2.75) is 75.7 Å². The number of aliphatic hydroxyl groups excluding tert-OH is 2. The number of aliphatic hydroxyl groups is 2. The van der Waals surface area contributed by atoms with Crippen molar-refractivity contribution in [1.82, 2.24) is 15.0 Å². The van der Waals surface area contributed by atoms with Crippen LogP contribution < -0.4 is 10.2 Å². The highest BCUT2D eigenvalue weighted by atomic mass is 28.4. The first kappa shape index (κ1) is 36.0. The molecular weight excluding hydrogens is 673 g/mol. The van der Waals surface area contributed by atoms with Crippen LogP contribution in [0, 0.1) is 16.0 Å². The Bertz CT molecular complexity index is 1930. The smallest absolute Gasteiger partial charge is 0.269 e. The molecule has 1 saturated heterocycles. The number of aryl methyl sites for hydroxylation is 1. The Labute approximate surface area is 296 Å². The first-order chi connectivity index (χ1) is 24.2. The van der Waals surface area contributed by atoms with E-state index in [4.69, 9.17) is 4.74 Å². The van der Waals surface area contributed by atoms with Gasteiger partial charge in [0.25, 0.3) is 17.5 Å². The van der Waals surface area contributed by atoms with Gasteiger partial charge in [0.05, 0.1) is 41.5 Å². The van der Waals surface area contributed by atoms with Crippen LogP contribution in [0.4, 0.5) is 17.1 Å². The average Bonchev–Trinajstić information content (AvgIpc) is 3.74. The zero-order chi connectivity index (χ0) is 36.7. The fourth-order valence-electron chi connectivity index (χ4n) is 7.68. The summed E-state index contributed by atoms with van der Waals surface area (Å²) in [6.45, 7) is 7.11. The number of nitrogens with zero attached hydrogens (tertiary/aromatic N) is 5. The van der Waals surface area contributed by atoms with E-state index in [2.05, 4.69) is 15.6 Å². The SMILES string of the molecule is C[C@H](O)C(=O)Nc1cccc(CN2C(=O)[C@]3(O[C@H](CCn4cc(C(CO)c5ccccc5)nn4)[C@@H]([Si](C)(C)O)[C@@H]3C)c3cc([N+](=O)[O-])ccc32)c1. The van der Waals surface area contributed by atoms with Gasteiger partial charge in [-0.05, 0) is 55.8 Å². The summed E-state index contributed by atoms with van der Waals surface area (Å²) in [5, 5.41) is 43.0. The molecule has 1 unspecified atom stereocenters. The molecule has 1 fully saturated rings. The third-order valence-electron chi connectivity index (χ3n) is 10.0. The number of nitro benzene ring substituents is 1. The van der Waals surface area contributed by atoms with E-state index in [0.29, 0.717) is 41.2 Å². The molecular formula is C36H42N6O8Si. The van der Waals surface area contributed by atoms with E-state index in [9.17, 15) is 34.7 Å². The first-order valence-electron chi connectivity index (χ1n) is 16.9. The van der Waals surface area contributed by atoms with E-state index in [0.717, 1.165) is 5.56 Å². The second kappa shape index (κ2) is 14.1. The van der Waals surface area contributed by atoms with E-state index in [1.807, 2.05) is 37.3 Å². The number of carbonyl (C=O) groups is 2. The highest BCUT2D eigenvalue weighted by molar-refractivity contribution is 6.71. The predicted molar refractivity (Wildman–Crippen MR) is 190 cm³/mol. The maximum Gasteiger partial charge on any atom is 0.269 e. The topological polar surface area (TPSA) is 193 Å². The van der Waals surface area contributed by atoms with E-state index in [-0.39, 0.29) is 24.8 Å². The van der Waals surface area contributed by atoms with Crippen molar-refractivity contribution in [1.29, 1.82) is 0 Å². The molecule has 1 spiro atoms. The lowest BCUT2D eigenvalue weighted by Crippen LogP contribution is -2.46. The van der Waals surface area contributed by atoms with Crippen molar-refractivity contribution in [3.8, 4) is 0 Å². The van der Waals surface area contributed by atoms with Gasteiger partial charge >= 0.3 is 0 Å². The molecule has 6 rings (SSSR count). The van der Waals surface area contributed by atoms with Gasteiger partial charge in [-0.25, -0.2) is 0 Å². The monoisotopic (exact) mass is 714 g/mol. The molecule has 3 aromatic carbocycles. The molecule has 14 nitrogen and oxygen atoms in total. The van der Waals surface area contributed by atoms with Crippen LogP contribution in [0.25, 0.3) is 0 Å².